The molecular formula is C16H21N4OSSi. The molecule has 0 aromatic carbocycles. The summed E-state index contributed by atoms with van der Waals surface area (Å²) in [4.78, 5) is 9.08. The quantitative estimate of drug-likeness (QED) is 0.807. The van der Waals surface area contributed by atoms with E-state index in [4.69, 9.17) is 9.69 Å². The molecular weight excluding hydrogens is 324 g/mol. The molecule has 0 spiro atoms. The van der Waals surface area contributed by atoms with E-state index in [1.807, 2.05) is 12.1 Å². The summed E-state index contributed by atoms with van der Waals surface area (Å²) in [7, 11) is -0.821. The average Bonchev–Trinajstić information content (AvgIpc) is 2.91. The van der Waals surface area contributed by atoms with E-state index in [2.05, 4.69) is 55.2 Å². The first-order valence-electron chi connectivity index (χ1n) is 7.35. The van der Waals surface area contributed by atoms with Gasteiger partial charge in [-0.3, -0.25) is 0 Å². The minimum Gasteiger partial charge on any atom is -0.410 e. The van der Waals surface area contributed by atoms with Crippen molar-refractivity contribution in [3.63, 3.8) is 0 Å². The molecule has 1 atom stereocenters. The first-order chi connectivity index (χ1) is 10.8. The number of rotatable bonds is 5. The third kappa shape index (κ3) is 4.86. The number of aromatic nitrogens is 2. The van der Waals surface area contributed by atoms with Crippen molar-refractivity contribution < 1.29 is 4.43 Å². The van der Waals surface area contributed by atoms with Gasteiger partial charge >= 0.3 is 0 Å². The number of thiazole rings is 1. The van der Waals surface area contributed by atoms with Gasteiger partial charge in [0.2, 0.25) is 9.04 Å². The first-order valence-corrected chi connectivity index (χ1v) is 10.6. The van der Waals surface area contributed by atoms with Crippen LogP contribution in [-0.4, -0.2) is 19.0 Å². The number of hydrogen-bond acceptors (Lipinski definition) is 6. The summed E-state index contributed by atoms with van der Waals surface area (Å²) in [6, 6.07) is 6.07. The molecule has 0 aliphatic carbocycles. The van der Waals surface area contributed by atoms with Crippen molar-refractivity contribution in [1.82, 2.24) is 9.97 Å². The fourth-order valence-electron chi connectivity index (χ4n) is 2.15. The van der Waals surface area contributed by atoms with Gasteiger partial charge in [-0.05, 0) is 36.2 Å². The maximum atomic E-state index is 8.87. The van der Waals surface area contributed by atoms with Crippen LogP contribution in [0.2, 0.25) is 13.1 Å². The molecule has 5 nitrogen and oxygen atoms in total. The zero-order valence-corrected chi connectivity index (χ0v) is 15.9. The van der Waals surface area contributed by atoms with Crippen molar-refractivity contribution in [2.24, 2.45) is 5.41 Å². The van der Waals surface area contributed by atoms with Gasteiger partial charge < -0.3 is 9.74 Å². The van der Waals surface area contributed by atoms with Crippen LogP contribution >= 0.6 is 11.3 Å². The van der Waals surface area contributed by atoms with Crippen LogP contribution in [0.3, 0.4) is 0 Å². The van der Waals surface area contributed by atoms with Crippen molar-refractivity contribution in [1.29, 1.82) is 5.26 Å². The Balaban J connectivity index is 2.25. The molecule has 2 rings (SSSR count). The Morgan fingerprint density at radius 3 is 2.65 bits per heavy atom. The molecule has 1 unspecified atom stereocenters. The van der Waals surface area contributed by atoms with Gasteiger partial charge in [0.25, 0.3) is 0 Å². The van der Waals surface area contributed by atoms with Gasteiger partial charge in [-0.1, -0.05) is 32.1 Å². The monoisotopic (exact) mass is 345 g/mol. The molecule has 2 aromatic heterocycles. The highest BCUT2D eigenvalue weighted by Crippen LogP contribution is 2.37. The Morgan fingerprint density at radius 2 is 2.09 bits per heavy atom. The standard InChI is InChI=1S/C16H21N4OSSi/c1-16(2,3)14(21-23(4)5)11-6-7-18-13(8-11)20-15-19-10-12(9-17)22-15/h6-8,10,14H,1-5H3,(H,18,19,20). The van der Waals surface area contributed by atoms with Crippen LogP contribution in [0.1, 0.15) is 37.3 Å². The van der Waals surface area contributed by atoms with Crippen LogP contribution in [0, 0.1) is 16.7 Å². The summed E-state index contributed by atoms with van der Waals surface area (Å²) >= 11 is 1.31. The van der Waals surface area contributed by atoms with Gasteiger partial charge in [-0.15, -0.1) is 0 Å². The van der Waals surface area contributed by atoms with E-state index in [0.29, 0.717) is 15.8 Å². The second-order valence-corrected chi connectivity index (χ2v) is 9.60. The van der Waals surface area contributed by atoms with E-state index in [0.717, 1.165) is 5.56 Å². The van der Waals surface area contributed by atoms with Crippen LogP contribution < -0.4 is 5.32 Å². The zero-order valence-electron chi connectivity index (χ0n) is 14.0. The third-order valence-electron chi connectivity index (χ3n) is 3.08. The second-order valence-electron chi connectivity index (χ2n) is 6.51. The summed E-state index contributed by atoms with van der Waals surface area (Å²) in [6.07, 6.45) is 3.35. The van der Waals surface area contributed by atoms with Gasteiger partial charge in [0.05, 0.1) is 12.3 Å². The SMILES string of the molecule is C[Si](C)OC(c1ccnc(Nc2ncc(C#N)s2)c1)C(C)(C)C. The van der Waals surface area contributed by atoms with Crippen molar-refractivity contribution in [3.8, 4) is 6.07 Å². The Kier molecular flexibility index (Phi) is 5.52. The number of hydrogen-bond donors (Lipinski definition) is 1. The molecule has 0 saturated carbocycles. The van der Waals surface area contributed by atoms with Crippen LogP contribution in [0.5, 0.6) is 0 Å². The molecule has 2 aromatic rings. The van der Waals surface area contributed by atoms with Crippen LogP contribution in [0.25, 0.3) is 0 Å². The van der Waals surface area contributed by atoms with Gasteiger partial charge in [-0.2, -0.15) is 5.26 Å². The fraction of sp³-hybridized carbons (Fsp3) is 0.438. The molecule has 121 valence electrons. The van der Waals surface area contributed by atoms with E-state index in [1.54, 1.807) is 12.4 Å². The predicted molar refractivity (Wildman–Crippen MR) is 95.1 cm³/mol. The predicted octanol–water partition coefficient (Wildman–Crippen LogP) is 4.51. The molecule has 23 heavy (non-hydrogen) atoms. The molecule has 0 aliphatic heterocycles. The Morgan fingerprint density at radius 1 is 1.35 bits per heavy atom. The number of nitrogens with one attached hydrogen (secondary N) is 1. The van der Waals surface area contributed by atoms with Crippen molar-refractivity contribution in [3.05, 3.63) is 35.0 Å². The summed E-state index contributed by atoms with van der Waals surface area (Å²) in [5, 5.41) is 12.7. The highest BCUT2D eigenvalue weighted by molar-refractivity contribution is 7.16. The molecule has 1 N–H and O–H groups in total. The number of anilines is 2. The van der Waals surface area contributed by atoms with E-state index in [1.165, 1.54) is 11.3 Å². The fourth-order valence-corrected chi connectivity index (χ4v) is 3.73. The number of nitriles is 1. The van der Waals surface area contributed by atoms with Crippen LogP contribution in [0.4, 0.5) is 10.9 Å². The van der Waals surface area contributed by atoms with E-state index < -0.39 is 9.04 Å². The highest BCUT2D eigenvalue weighted by Gasteiger charge is 2.28. The van der Waals surface area contributed by atoms with Crippen molar-refractivity contribution in [2.75, 3.05) is 5.32 Å². The normalized spacial score (nSPS) is 12.9. The van der Waals surface area contributed by atoms with Gasteiger partial charge in [0, 0.05) is 6.20 Å². The van der Waals surface area contributed by atoms with Crippen molar-refractivity contribution >= 4 is 31.3 Å². The third-order valence-corrected chi connectivity index (χ3v) is 4.60. The van der Waals surface area contributed by atoms with E-state index in [-0.39, 0.29) is 11.5 Å². The van der Waals surface area contributed by atoms with E-state index >= 15 is 0 Å². The van der Waals surface area contributed by atoms with Gasteiger partial charge in [0.15, 0.2) is 5.13 Å². The summed E-state index contributed by atoms with van der Waals surface area (Å²) in [5.74, 6) is 0.708. The Labute approximate surface area is 143 Å². The smallest absolute Gasteiger partial charge is 0.205 e. The number of nitrogens with zero attached hydrogens (tertiary/aromatic N) is 3. The lowest BCUT2D eigenvalue weighted by Crippen LogP contribution is -2.26. The highest BCUT2D eigenvalue weighted by atomic mass is 32.1. The first kappa shape index (κ1) is 17.6. The Hall–Kier alpha value is -1.75. The maximum Gasteiger partial charge on any atom is 0.205 e. The Bertz CT molecular complexity index is 703. The maximum absolute atomic E-state index is 8.87. The lowest BCUT2D eigenvalue weighted by Gasteiger charge is -2.32. The summed E-state index contributed by atoms with van der Waals surface area (Å²) in [5.41, 5.74) is 1.09. The van der Waals surface area contributed by atoms with Crippen molar-refractivity contribution in [2.45, 2.75) is 40.0 Å². The molecule has 0 aliphatic rings. The molecule has 1 radical (unpaired) electrons. The van der Waals surface area contributed by atoms with Crippen LogP contribution in [0.15, 0.2) is 24.5 Å². The second kappa shape index (κ2) is 7.21. The minimum absolute atomic E-state index is 0.00425. The molecule has 2 heterocycles. The lowest BCUT2D eigenvalue weighted by molar-refractivity contribution is 0.0866. The minimum atomic E-state index is -0.821. The van der Waals surface area contributed by atoms with Crippen LogP contribution in [-0.2, 0) is 4.43 Å². The number of pyridine rings is 1. The summed E-state index contributed by atoms with van der Waals surface area (Å²) < 4.78 is 6.22. The topological polar surface area (TPSA) is 70.8 Å². The molecule has 0 saturated heterocycles. The van der Waals surface area contributed by atoms with E-state index in [9.17, 15) is 0 Å². The van der Waals surface area contributed by atoms with Gasteiger partial charge in [0.1, 0.15) is 16.8 Å². The molecule has 0 bridgehead atoms. The zero-order chi connectivity index (χ0) is 17.0. The largest absolute Gasteiger partial charge is 0.410 e. The molecule has 0 amide bonds. The van der Waals surface area contributed by atoms with Gasteiger partial charge in [-0.25, -0.2) is 9.97 Å². The molecule has 7 heteroatoms. The molecule has 0 fully saturated rings. The summed E-state index contributed by atoms with van der Waals surface area (Å²) in [6.45, 7) is 10.8. The average molecular weight is 346 g/mol. The lowest BCUT2D eigenvalue weighted by atomic mass is 9.85.